The van der Waals surface area contributed by atoms with Gasteiger partial charge in [0.05, 0.1) is 21.0 Å². The summed E-state index contributed by atoms with van der Waals surface area (Å²) in [7, 11) is 0. The van der Waals surface area contributed by atoms with E-state index < -0.39 is 0 Å². The normalized spacial score (nSPS) is 10.5. The third-order valence-electron chi connectivity index (χ3n) is 4.23. The van der Waals surface area contributed by atoms with Crippen LogP contribution in [0.2, 0.25) is 0 Å². The summed E-state index contributed by atoms with van der Waals surface area (Å²) in [5.41, 5.74) is 1.85. The van der Waals surface area contributed by atoms with Gasteiger partial charge in [-0.2, -0.15) is 0 Å². The average molecular weight is 452 g/mol. The first-order valence-electron chi connectivity index (χ1n) is 9.21. The second kappa shape index (κ2) is 8.99. The molecular formula is C22H17N3O4S2. The predicted molar refractivity (Wildman–Crippen MR) is 122 cm³/mol. The highest BCUT2D eigenvalue weighted by Crippen LogP contribution is 2.28. The number of carbonyl (C=O) groups is 3. The number of hydrogen-bond acceptors (Lipinski definition) is 6. The fourth-order valence-electron chi connectivity index (χ4n) is 2.81. The molecule has 0 bridgehead atoms. The van der Waals surface area contributed by atoms with Crippen LogP contribution in [0.5, 0.6) is 0 Å². The Hall–Kier alpha value is -3.69. The van der Waals surface area contributed by atoms with E-state index in [1.54, 1.807) is 55.5 Å². The molecule has 0 aliphatic carbocycles. The van der Waals surface area contributed by atoms with E-state index in [0.717, 1.165) is 5.56 Å². The lowest BCUT2D eigenvalue weighted by molar-refractivity contribution is 0.0994. The number of aryl methyl sites for hydroxylation is 1. The van der Waals surface area contributed by atoms with E-state index in [9.17, 15) is 14.4 Å². The Morgan fingerprint density at radius 3 is 2.29 bits per heavy atom. The molecule has 0 radical (unpaired) electrons. The van der Waals surface area contributed by atoms with Crippen molar-refractivity contribution in [2.45, 2.75) is 6.92 Å². The van der Waals surface area contributed by atoms with Crippen molar-refractivity contribution in [1.29, 1.82) is 0 Å². The minimum atomic E-state index is -0.382. The predicted octanol–water partition coefficient (Wildman–Crippen LogP) is 5.47. The Bertz CT molecular complexity index is 1230. The monoisotopic (exact) mass is 451 g/mol. The third-order valence-corrected chi connectivity index (χ3v) is 6.25. The van der Waals surface area contributed by atoms with E-state index in [1.807, 2.05) is 11.4 Å². The van der Waals surface area contributed by atoms with Gasteiger partial charge in [0.2, 0.25) is 0 Å². The molecule has 3 heterocycles. The van der Waals surface area contributed by atoms with Gasteiger partial charge < -0.3 is 20.4 Å². The van der Waals surface area contributed by atoms with Gasteiger partial charge >= 0.3 is 0 Å². The summed E-state index contributed by atoms with van der Waals surface area (Å²) < 4.78 is 5.08. The van der Waals surface area contributed by atoms with Crippen molar-refractivity contribution in [3.8, 4) is 0 Å². The first kappa shape index (κ1) is 20.6. The summed E-state index contributed by atoms with van der Waals surface area (Å²) in [6.45, 7) is 1.80. The molecule has 0 saturated heterocycles. The summed E-state index contributed by atoms with van der Waals surface area (Å²) >= 11 is 2.52. The number of anilines is 3. The van der Waals surface area contributed by atoms with Crippen molar-refractivity contribution in [2.75, 3.05) is 16.0 Å². The minimum Gasteiger partial charge on any atom is -0.459 e. The van der Waals surface area contributed by atoms with Crippen LogP contribution in [0.1, 0.15) is 35.5 Å². The molecule has 0 atom stereocenters. The number of hydrogen-bond donors (Lipinski definition) is 3. The van der Waals surface area contributed by atoms with Crippen molar-refractivity contribution < 1.29 is 18.8 Å². The molecule has 0 aliphatic rings. The fourth-order valence-corrected chi connectivity index (χ4v) is 4.40. The number of benzene rings is 1. The molecule has 3 amide bonds. The van der Waals surface area contributed by atoms with Crippen molar-refractivity contribution in [1.82, 2.24) is 0 Å². The number of furan rings is 1. The number of rotatable bonds is 6. The van der Waals surface area contributed by atoms with Gasteiger partial charge in [0.15, 0.2) is 5.76 Å². The summed E-state index contributed by atoms with van der Waals surface area (Å²) in [6, 6.07) is 15.4. The summed E-state index contributed by atoms with van der Waals surface area (Å²) in [4.78, 5) is 38.2. The number of nitrogens with one attached hydrogen (secondary N) is 3. The van der Waals surface area contributed by atoms with Crippen LogP contribution in [0.15, 0.2) is 70.7 Å². The lowest BCUT2D eigenvalue weighted by atomic mass is 10.2. The Labute approximate surface area is 185 Å². The van der Waals surface area contributed by atoms with Crippen LogP contribution in [0, 0.1) is 6.92 Å². The molecule has 156 valence electrons. The molecule has 3 aromatic heterocycles. The van der Waals surface area contributed by atoms with Gasteiger partial charge in [0.25, 0.3) is 17.7 Å². The van der Waals surface area contributed by atoms with E-state index in [2.05, 4.69) is 16.0 Å². The summed E-state index contributed by atoms with van der Waals surface area (Å²) in [5.74, 6) is -0.696. The van der Waals surface area contributed by atoms with E-state index in [4.69, 9.17) is 4.42 Å². The van der Waals surface area contributed by atoms with E-state index in [0.29, 0.717) is 26.1 Å². The SMILES string of the molecule is Cc1cc(NC(=O)c2ccco2)sc1C(=O)Nc1cccc(NC(=O)c2cccs2)c1. The Balaban J connectivity index is 1.43. The molecule has 31 heavy (non-hydrogen) atoms. The summed E-state index contributed by atoms with van der Waals surface area (Å²) in [6.07, 6.45) is 1.42. The van der Waals surface area contributed by atoms with Gasteiger partial charge in [0, 0.05) is 11.4 Å². The van der Waals surface area contributed by atoms with Gasteiger partial charge in [-0.3, -0.25) is 14.4 Å². The van der Waals surface area contributed by atoms with Crippen molar-refractivity contribution >= 4 is 56.8 Å². The molecule has 4 rings (SSSR count). The molecule has 0 unspecified atom stereocenters. The Morgan fingerprint density at radius 2 is 1.61 bits per heavy atom. The molecule has 3 N–H and O–H groups in total. The van der Waals surface area contributed by atoms with Gasteiger partial charge in [-0.1, -0.05) is 12.1 Å². The zero-order chi connectivity index (χ0) is 21.8. The maximum absolute atomic E-state index is 12.8. The zero-order valence-corrected chi connectivity index (χ0v) is 17.9. The van der Waals surface area contributed by atoms with Gasteiger partial charge in [-0.15, -0.1) is 22.7 Å². The molecule has 4 aromatic rings. The van der Waals surface area contributed by atoms with Crippen LogP contribution in [-0.2, 0) is 0 Å². The van der Waals surface area contributed by atoms with E-state index >= 15 is 0 Å². The highest BCUT2D eigenvalue weighted by molar-refractivity contribution is 7.18. The van der Waals surface area contributed by atoms with Crippen LogP contribution in [0.3, 0.4) is 0 Å². The number of carbonyl (C=O) groups excluding carboxylic acids is 3. The third kappa shape index (κ3) is 4.90. The molecule has 0 fully saturated rings. The molecule has 0 spiro atoms. The van der Waals surface area contributed by atoms with Crippen LogP contribution in [0.4, 0.5) is 16.4 Å². The molecule has 0 aliphatic heterocycles. The minimum absolute atomic E-state index is 0.193. The first-order chi connectivity index (χ1) is 15.0. The smallest absolute Gasteiger partial charge is 0.291 e. The highest BCUT2D eigenvalue weighted by atomic mass is 32.1. The van der Waals surface area contributed by atoms with Crippen LogP contribution < -0.4 is 16.0 Å². The summed E-state index contributed by atoms with van der Waals surface area (Å²) in [5, 5.41) is 10.8. The van der Waals surface area contributed by atoms with Gasteiger partial charge in [0.1, 0.15) is 0 Å². The Morgan fingerprint density at radius 1 is 0.839 bits per heavy atom. The lowest BCUT2D eigenvalue weighted by Gasteiger charge is -2.08. The number of thiophene rings is 2. The molecule has 9 heteroatoms. The highest BCUT2D eigenvalue weighted by Gasteiger charge is 2.17. The molecule has 7 nitrogen and oxygen atoms in total. The number of amides is 3. The molecule has 0 saturated carbocycles. The quantitative estimate of drug-likeness (QED) is 0.362. The van der Waals surface area contributed by atoms with Crippen LogP contribution in [0.25, 0.3) is 0 Å². The maximum Gasteiger partial charge on any atom is 0.291 e. The van der Waals surface area contributed by atoms with Gasteiger partial charge in [-0.25, -0.2) is 0 Å². The van der Waals surface area contributed by atoms with Crippen molar-refractivity contribution in [3.05, 3.63) is 87.3 Å². The molecule has 1 aromatic carbocycles. The zero-order valence-electron chi connectivity index (χ0n) is 16.3. The second-order valence-electron chi connectivity index (χ2n) is 6.52. The molecular weight excluding hydrogens is 434 g/mol. The topological polar surface area (TPSA) is 100 Å². The Kier molecular flexibility index (Phi) is 5.96. The van der Waals surface area contributed by atoms with Crippen LogP contribution >= 0.6 is 22.7 Å². The van der Waals surface area contributed by atoms with Crippen LogP contribution in [-0.4, -0.2) is 17.7 Å². The van der Waals surface area contributed by atoms with Crippen molar-refractivity contribution in [2.24, 2.45) is 0 Å². The lowest BCUT2D eigenvalue weighted by Crippen LogP contribution is -2.13. The van der Waals surface area contributed by atoms with Crippen molar-refractivity contribution in [3.63, 3.8) is 0 Å². The van der Waals surface area contributed by atoms with E-state index in [1.165, 1.54) is 28.9 Å². The largest absolute Gasteiger partial charge is 0.459 e. The second-order valence-corrected chi connectivity index (χ2v) is 8.52. The van der Waals surface area contributed by atoms with Gasteiger partial charge in [-0.05, 0) is 60.3 Å². The standard InChI is InChI=1S/C22H17N3O4S2/c1-13-11-18(25-20(26)16-7-3-9-29-16)31-19(13)22(28)24-15-6-2-5-14(12-15)23-21(27)17-8-4-10-30-17/h2-12H,1H3,(H,23,27)(H,24,28)(H,25,26). The van der Waals surface area contributed by atoms with E-state index in [-0.39, 0.29) is 23.5 Å². The first-order valence-corrected chi connectivity index (χ1v) is 10.9. The fraction of sp³-hybridized carbons (Fsp3) is 0.0455. The average Bonchev–Trinajstić information content (AvgIpc) is 3.50. The maximum atomic E-state index is 12.8.